The van der Waals surface area contributed by atoms with E-state index in [1.165, 1.54) is 24.3 Å². The fourth-order valence-corrected chi connectivity index (χ4v) is 6.52. The highest BCUT2D eigenvalue weighted by atomic mass is 35.5. The van der Waals surface area contributed by atoms with Crippen molar-refractivity contribution in [1.29, 1.82) is 0 Å². The van der Waals surface area contributed by atoms with Crippen molar-refractivity contribution in [2.24, 2.45) is 11.1 Å². The Morgan fingerprint density at radius 1 is 1.02 bits per heavy atom. The van der Waals surface area contributed by atoms with Crippen LogP contribution in [0, 0.1) is 11.2 Å². The van der Waals surface area contributed by atoms with Crippen LogP contribution in [0.4, 0.5) is 15.8 Å². The van der Waals surface area contributed by atoms with E-state index in [-0.39, 0.29) is 16.3 Å². The highest BCUT2D eigenvalue weighted by molar-refractivity contribution is 6.31. The number of primary amides is 1. The average Bonchev–Trinajstić information content (AvgIpc) is 3.32. The van der Waals surface area contributed by atoms with Crippen LogP contribution < -0.4 is 21.7 Å². The zero-order chi connectivity index (χ0) is 29.0. The second-order valence-electron chi connectivity index (χ2n) is 11.6. The van der Waals surface area contributed by atoms with Gasteiger partial charge < -0.3 is 21.7 Å². The highest BCUT2D eigenvalue weighted by Crippen LogP contribution is 2.57. The van der Waals surface area contributed by atoms with Gasteiger partial charge in [0, 0.05) is 38.9 Å². The summed E-state index contributed by atoms with van der Waals surface area (Å²) in [6, 6.07) is 14.0. The van der Waals surface area contributed by atoms with Crippen LogP contribution in [0.15, 0.2) is 60.7 Å². The van der Waals surface area contributed by atoms with Crippen LogP contribution >= 0.6 is 23.2 Å². The number of carbonyl (C=O) groups excluding carboxylic acids is 3. The molecule has 0 radical (unpaired) electrons. The Morgan fingerprint density at radius 3 is 2.35 bits per heavy atom. The van der Waals surface area contributed by atoms with E-state index >= 15 is 0 Å². The molecule has 2 aliphatic rings. The monoisotopic (exact) mass is 582 g/mol. The largest absolute Gasteiger partial charge is 0.366 e. The number of nitrogens with one attached hydrogen (secondary N) is 3. The molecular weight excluding hydrogens is 554 g/mol. The Balaban J connectivity index is 1.68. The van der Waals surface area contributed by atoms with Crippen molar-refractivity contribution in [3.63, 3.8) is 0 Å². The van der Waals surface area contributed by atoms with E-state index in [0.29, 0.717) is 39.5 Å². The second-order valence-corrected chi connectivity index (χ2v) is 12.5. The summed E-state index contributed by atoms with van der Waals surface area (Å²) < 4.78 is 14.8. The maximum Gasteiger partial charge on any atom is 0.248 e. The Labute approximate surface area is 241 Å². The van der Waals surface area contributed by atoms with Crippen LogP contribution in [-0.4, -0.2) is 29.8 Å². The van der Waals surface area contributed by atoms with Crippen LogP contribution in [-0.2, 0) is 15.0 Å². The summed E-state index contributed by atoms with van der Waals surface area (Å²) >= 11 is 12.6. The Hall–Kier alpha value is -3.46. The molecule has 1 saturated heterocycles. The molecule has 7 nitrogen and oxygen atoms in total. The maximum absolute atomic E-state index is 14.8. The molecule has 1 fully saturated rings. The second kappa shape index (κ2) is 10.2. The third-order valence-electron chi connectivity index (χ3n) is 7.59. The minimum atomic E-state index is -1.28. The average molecular weight is 583 g/mol. The molecule has 0 saturated carbocycles. The molecule has 208 valence electrons. The zero-order valence-corrected chi connectivity index (χ0v) is 23.7. The molecular formula is C30H29Cl2FN4O3. The summed E-state index contributed by atoms with van der Waals surface area (Å²) in [5.41, 5.74) is 6.20. The number of fused-ring (bicyclic) bond motifs is 2. The SMILES string of the molecule is CC(C)(C)C[C@@H]1N[C@@H](C(=O)Nc2ccc(C(N)=O)cc2)[C@@H](c2cc(F)cc(Cl)c2)[C@]12C(=O)Nc1cc(Cl)ccc12. The van der Waals surface area contributed by atoms with Gasteiger partial charge in [-0.15, -0.1) is 0 Å². The standard InChI is InChI=1S/C30H29Cl2FN4O3/c1-29(2,3)14-23-30(21-9-6-17(31)13-22(21)36-28(30)40)24(16-10-18(32)12-19(33)11-16)25(37-23)27(39)35-20-7-4-15(5-8-20)26(34)38/h4-13,23-25,37H,14H2,1-3H3,(H2,34,38)(H,35,39)(H,36,40)/t23-,24+,25+,30+/m0/s1. The van der Waals surface area contributed by atoms with Crippen LogP contribution in [0.2, 0.25) is 10.0 Å². The van der Waals surface area contributed by atoms with E-state index < -0.39 is 41.0 Å². The molecule has 4 atom stereocenters. The molecule has 2 aliphatic heterocycles. The predicted molar refractivity (Wildman–Crippen MR) is 154 cm³/mol. The Kier molecular flexibility index (Phi) is 7.15. The number of hydrogen-bond donors (Lipinski definition) is 4. The van der Waals surface area contributed by atoms with Crippen molar-refractivity contribution in [1.82, 2.24) is 5.32 Å². The molecule has 0 bridgehead atoms. The molecule has 5 N–H and O–H groups in total. The first-order valence-corrected chi connectivity index (χ1v) is 13.6. The number of amides is 3. The number of halogens is 3. The van der Waals surface area contributed by atoms with Crippen LogP contribution in [0.3, 0.4) is 0 Å². The summed E-state index contributed by atoms with van der Waals surface area (Å²) in [7, 11) is 0. The Morgan fingerprint density at radius 2 is 1.73 bits per heavy atom. The summed E-state index contributed by atoms with van der Waals surface area (Å²) in [6.45, 7) is 6.17. The number of nitrogens with two attached hydrogens (primary N) is 1. The molecule has 0 aliphatic carbocycles. The summed E-state index contributed by atoms with van der Waals surface area (Å²) in [5, 5.41) is 9.92. The quantitative estimate of drug-likeness (QED) is 0.312. The molecule has 3 aromatic rings. The van der Waals surface area contributed by atoms with E-state index in [4.69, 9.17) is 28.9 Å². The molecule has 40 heavy (non-hydrogen) atoms. The van der Waals surface area contributed by atoms with Gasteiger partial charge in [-0.3, -0.25) is 14.4 Å². The zero-order valence-electron chi connectivity index (χ0n) is 22.1. The van der Waals surface area contributed by atoms with E-state index in [1.54, 1.807) is 36.4 Å². The van der Waals surface area contributed by atoms with Gasteiger partial charge in [-0.2, -0.15) is 0 Å². The summed E-state index contributed by atoms with van der Waals surface area (Å²) in [6.07, 6.45) is 0.527. The van der Waals surface area contributed by atoms with Crippen molar-refractivity contribution < 1.29 is 18.8 Å². The normalized spacial score (nSPS) is 23.6. The first kappa shape index (κ1) is 28.1. The van der Waals surface area contributed by atoms with Gasteiger partial charge in [0.25, 0.3) is 0 Å². The van der Waals surface area contributed by atoms with Gasteiger partial charge in [-0.25, -0.2) is 4.39 Å². The number of anilines is 2. The van der Waals surface area contributed by atoms with E-state index in [0.717, 1.165) is 0 Å². The first-order valence-electron chi connectivity index (χ1n) is 12.8. The van der Waals surface area contributed by atoms with Crippen molar-refractivity contribution in [3.05, 3.63) is 93.2 Å². The van der Waals surface area contributed by atoms with Crippen molar-refractivity contribution in [2.45, 2.75) is 50.6 Å². The van der Waals surface area contributed by atoms with Crippen molar-refractivity contribution in [3.8, 4) is 0 Å². The lowest BCUT2D eigenvalue weighted by molar-refractivity contribution is -0.122. The van der Waals surface area contributed by atoms with Crippen molar-refractivity contribution in [2.75, 3.05) is 10.6 Å². The molecule has 10 heteroatoms. The molecule has 1 spiro atoms. The maximum atomic E-state index is 14.8. The third kappa shape index (κ3) is 4.96. The minimum Gasteiger partial charge on any atom is -0.366 e. The smallest absolute Gasteiger partial charge is 0.248 e. The number of hydrogen-bond acceptors (Lipinski definition) is 4. The third-order valence-corrected chi connectivity index (χ3v) is 8.04. The Bertz CT molecular complexity index is 1500. The van der Waals surface area contributed by atoms with Gasteiger partial charge in [0.15, 0.2) is 0 Å². The molecule has 2 heterocycles. The van der Waals surface area contributed by atoms with Crippen LogP contribution in [0.5, 0.6) is 0 Å². The van der Waals surface area contributed by atoms with Gasteiger partial charge in [0.1, 0.15) is 11.2 Å². The van der Waals surface area contributed by atoms with Gasteiger partial charge in [0.2, 0.25) is 17.7 Å². The van der Waals surface area contributed by atoms with E-state index in [9.17, 15) is 18.8 Å². The molecule has 0 aromatic heterocycles. The minimum absolute atomic E-state index is 0.153. The predicted octanol–water partition coefficient (Wildman–Crippen LogP) is 5.62. The molecule has 3 amide bonds. The van der Waals surface area contributed by atoms with E-state index in [2.05, 4.69) is 36.7 Å². The number of rotatable bonds is 5. The fraction of sp³-hybridized carbons (Fsp3) is 0.300. The fourth-order valence-electron chi connectivity index (χ4n) is 6.11. The van der Waals surface area contributed by atoms with Crippen molar-refractivity contribution >= 4 is 52.3 Å². The van der Waals surface area contributed by atoms with Gasteiger partial charge in [-0.05, 0) is 77.6 Å². The van der Waals surface area contributed by atoms with Crippen LogP contribution in [0.25, 0.3) is 0 Å². The lowest BCUT2D eigenvalue weighted by atomic mass is 9.62. The molecule has 3 aromatic carbocycles. The van der Waals surface area contributed by atoms with Gasteiger partial charge in [0.05, 0.1) is 6.04 Å². The first-order chi connectivity index (χ1) is 18.8. The molecule has 5 rings (SSSR count). The van der Waals surface area contributed by atoms with Gasteiger partial charge in [-0.1, -0.05) is 50.0 Å². The highest BCUT2D eigenvalue weighted by Gasteiger charge is 2.65. The van der Waals surface area contributed by atoms with Gasteiger partial charge >= 0.3 is 0 Å². The van der Waals surface area contributed by atoms with Crippen LogP contribution in [0.1, 0.15) is 54.6 Å². The molecule has 0 unspecified atom stereocenters. The van der Waals surface area contributed by atoms with E-state index in [1.807, 2.05) is 0 Å². The lowest BCUT2D eigenvalue weighted by Crippen LogP contribution is -2.49. The topological polar surface area (TPSA) is 113 Å². The number of benzene rings is 3. The lowest BCUT2D eigenvalue weighted by Gasteiger charge is -2.37. The summed E-state index contributed by atoms with van der Waals surface area (Å²) in [4.78, 5) is 39.6. The summed E-state index contributed by atoms with van der Waals surface area (Å²) in [5.74, 6) is -2.73. The number of carbonyl (C=O) groups is 3.